The number of hydroxylamine groups is 2. The van der Waals surface area contributed by atoms with Crippen LogP contribution < -0.4 is 0 Å². The lowest BCUT2D eigenvalue weighted by Crippen LogP contribution is -2.33. The quantitative estimate of drug-likeness (QED) is 0.668. The second-order valence-corrected chi connectivity index (χ2v) is 5.71. The predicted octanol–water partition coefficient (Wildman–Crippen LogP) is 3.60. The fraction of sp³-hybridized carbons (Fsp3) is 0.222. The first-order chi connectivity index (χ1) is 10.8. The maximum absolute atomic E-state index is 12.3. The Kier molecular flexibility index (Phi) is 4.81. The molecule has 0 bridgehead atoms. The van der Waals surface area contributed by atoms with E-state index >= 15 is 0 Å². The first-order valence-electron chi connectivity index (χ1n) is 7.27. The standard InChI is InChI=1S/C18H19NO4/c1-11(2)19(23)17(20)15-8-14(9-16(10-15)18(21)22)13-6-4-12(3)5-7-13/h4-11,23H,1-3H3,(H,21,22). The second kappa shape index (κ2) is 6.62. The molecule has 2 aromatic carbocycles. The number of carbonyl (C=O) groups is 2. The Balaban J connectivity index is 2.54. The van der Waals surface area contributed by atoms with E-state index in [0.29, 0.717) is 10.6 Å². The van der Waals surface area contributed by atoms with Crippen molar-refractivity contribution in [3.05, 3.63) is 59.2 Å². The SMILES string of the molecule is Cc1ccc(-c2cc(C(=O)O)cc(C(=O)N(O)C(C)C)c2)cc1. The summed E-state index contributed by atoms with van der Waals surface area (Å²) in [6.07, 6.45) is 0. The van der Waals surface area contributed by atoms with Gasteiger partial charge in [-0.1, -0.05) is 29.8 Å². The van der Waals surface area contributed by atoms with Crippen LogP contribution in [0.2, 0.25) is 0 Å². The third-order valence-electron chi connectivity index (χ3n) is 3.51. The summed E-state index contributed by atoms with van der Waals surface area (Å²) < 4.78 is 0. The number of aryl methyl sites for hydroxylation is 1. The molecular weight excluding hydrogens is 294 g/mol. The highest BCUT2D eigenvalue weighted by molar-refractivity contribution is 5.99. The van der Waals surface area contributed by atoms with Crippen molar-refractivity contribution in [1.29, 1.82) is 0 Å². The molecule has 0 aliphatic heterocycles. The Bertz CT molecular complexity index is 735. The van der Waals surface area contributed by atoms with Gasteiger partial charge in [0.1, 0.15) is 0 Å². The van der Waals surface area contributed by atoms with Crippen molar-refractivity contribution < 1.29 is 19.9 Å². The average Bonchev–Trinajstić information content (AvgIpc) is 2.53. The number of carboxylic acid groups (broad SMARTS) is 1. The number of carbonyl (C=O) groups excluding carboxylic acids is 1. The maximum atomic E-state index is 12.3. The lowest BCUT2D eigenvalue weighted by Gasteiger charge is -2.19. The molecule has 0 unspecified atom stereocenters. The van der Waals surface area contributed by atoms with Gasteiger partial charge in [-0.2, -0.15) is 0 Å². The van der Waals surface area contributed by atoms with E-state index in [9.17, 15) is 19.9 Å². The first-order valence-corrected chi connectivity index (χ1v) is 7.27. The van der Waals surface area contributed by atoms with Crippen LogP contribution in [-0.2, 0) is 0 Å². The normalized spacial score (nSPS) is 10.7. The number of hydrogen-bond donors (Lipinski definition) is 2. The van der Waals surface area contributed by atoms with Gasteiger partial charge in [0, 0.05) is 5.56 Å². The summed E-state index contributed by atoms with van der Waals surface area (Å²) in [5, 5.41) is 19.7. The molecule has 0 aliphatic rings. The molecule has 0 saturated carbocycles. The average molecular weight is 313 g/mol. The highest BCUT2D eigenvalue weighted by atomic mass is 16.5. The number of rotatable bonds is 4. The van der Waals surface area contributed by atoms with E-state index in [4.69, 9.17) is 0 Å². The highest BCUT2D eigenvalue weighted by Crippen LogP contribution is 2.24. The Hall–Kier alpha value is -2.66. The molecule has 23 heavy (non-hydrogen) atoms. The van der Waals surface area contributed by atoms with Gasteiger partial charge in [0.05, 0.1) is 11.6 Å². The zero-order valence-corrected chi connectivity index (χ0v) is 13.3. The van der Waals surface area contributed by atoms with Crippen LogP contribution in [0.4, 0.5) is 0 Å². The summed E-state index contributed by atoms with van der Waals surface area (Å²) in [6, 6.07) is 11.5. The monoisotopic (exact) mass is 313 g/mol. The first kappa shape index (κ1) is 16.7. The minimum atomic E-state index is -1.12. The molecule has 5 heteroatoms. The van der Waals surface area contributed by atoms with Crippen LogP contribution in [0.15, 0.2) is 42.5 Å². The number of benzene rings is 2. The number of amides is 1. The van der Waals surface area contributed by atoms with Crippen LogP contribution in [0.1, 0.15) is 40.1 Å². The molecule has 1 amide bonds. The largest absolute Gasteiger partial charge is 0.478 e. The van der Waals surface area contributed by atoms with Gasteiger partial charge >= 0.3 is 5.97 Å². The Morgan fingerprint density at radius 1 is 0.957 bits per heavy atom. The lowest BCUT2D eigenvalue weighted by atomic mass is 9.98. The van der Waals surface area contributed by atoms with Crippen LogP contribution >= 0.6 is 0 Å². The molecule has 2 rings (SSSR count). The topological polar surface area (TPSA) is 77.8 Å². The smallest absolute Gasteiger partial charge is 0.335 e. The molecule has 0 heterocycles. The van der Waals surface area contributed by atoms with E-state index in [1.807, 2.05) is 31.2 Å². The summed E-state index contributed by atoms with van der Waals surface area (Å²) in [5.74, 6) is -1.75. The summed E-state index contributed by atoms with van der Waals surface area (Å²) in [5.41, 5.74) is 2.65. The highest BCUT2D eigenvalue weighted by Gasteiger charge is 2.19. The third kappa shape index (κ3) is 3.76. The van der Waals surface area contributed by atoms with Crippen molar-refractivity contribution in [2.45, 2.75) is 26.8 Å². The zero-order valence-electron chi connectivity index (χ0n) is 13.3. The Morgan fingerprint density at radius 2 is 1.52 bits per heavy atom. The molecule has 0 radical (unpaired) electrons. The minimum absolute atomic E-state index is 0.00332. The predicted molar refractivity (Wildman–Crippen MR) is 86.7 cm³/mol. The van der Waals surface area contributed by atoms with Gasteiger partial charge in [0.25, 0.3) is 5.91 Å². The van der Waals surface area contributed by atoms with Crippen molar-refractivity contribution in [2.75, 3.05) is 0 Å². The van der Waals surface area contributed by atoms with Gasteiger partial charge in [0.15, 0.2) is 0 Å². The van der Waals surface area contributed by atoms with E-state index in [-0.39, 0.29) is 11.1 Å². The van der Waals surface area contributed by atoms with Crippen molar-refractivity contribution in [3.63, 3.8) is 0 Å². The summed E-state index contributed by atoms with van der Waals surface area (Å²) in [6.45, 7) is 5.29. The number of carboxylic acids is 1. The van der Waals surface area contributed by atoms with Gasteiger partial charge in [-0.25, -0.2) is 9.86 Å². The minimum Gasteiger partial charge on any atom is -0.478 e. The lowest BCUT2D eigenvalue weighted by molar-refractivity contribution is -0.0794. The fourth-order valence-electron chi connectivity index (χ4n) is 2.15. The number of hydrogen-bond acceptors (Lipinski definition) is 3. The Morgan fingerprint density at radius 3 is 2.04 bits per heavy atom. The number of aromatic carboxylic acids is 1. The van der Waals surface area contributed by atoms with E-state index < -0.39 is 17.9 Å². The zero-order chi connectivity index (χ0) is 17.1. The van der Waals surface area contributed by atoms with Gasteiger partial charge < -0.3 is 5.11 Å². The van der Waals surface area contributed by atoms with Crippen LogP contribution in [0.3, 0.4) is 0 Å². The molecular formula is C18H19NO4. The summed E-state index contributed by atoms with van der Waals surface area (Å²) >= 11 is 0. The van der Waals surface area contributed by atoms with Gasteiger partial charge in [-0.05, 0) is 50.1 Å². The summed E-state index contributed by atoms with van der Waals surface area (Å²) in [4.78, 5) is 23.6. The second-order valence-electron chi connectivity index (χ2n) is 5.71. The van der Waals surface area contributed by atoms with Crippen LogP contribution in [-0.4, -0.2) is 33.3 Å². The molecule has 0 atom stereocenters. The van der Waals surface area contributed by atoms with E-state index in [0.717, 1.165) is 11.1 Å². The van der Waals surface area contributed by atoms with Gasteiger partial charge in [-0.15, -0.1) is 0 Å². The molecule has 120 valence electrons. The van der Waals surface area contributed by atoms with Gasteiger partial charge in [0.2, 0.25) is 0 Å². The van der Waals surface area contributed by atoms with E-state index in [2.05, 4.69) is 0 Å². The van der Waals surface area contributed by atoms with Crippen molar-refractivity contribution in [3.8, 4) is 11.1 Å². The maximum Gasteiger partial charge on any atom is 0.335 e. The molecule has 0 fully saturated rings. The molecule has 0 aliphatic carbocycles. The van der Waals surface area contributed by atoms with Crippen LogP contribution in [0.5, 0.6) is 0 Å². The molecule has 2 aromatic rings. The van der Waals surface area contributed by atoms with E-state index in [1.165, 1.54) is 12.1 Å². The fourth-order valence-corrected chi connectivity index (χ4v) is 2.15. The van der Waals surface area contributed by atoms with Gasteiger partial charge in [-0.3, -0.25) is 10.0 Å². The van der Waals surface area contributed by atoms with Crippen LogP contribution in [0.25, 0.3) is 11.1 Å². The molecule has 0 aromatic heterocycles. The number of nitrogens with zero attached hydrogens (tertiary/aromatic N) is 1. The molecule has 0 saturated heterocycles. The van der Waals surface area contributed by atoms with Crippen LogP contribution in [0, 0.1) is 6.92 Å². The molecule has 5 nitrogen and oxygen atoms in total. The molecule has 0 spiro atoms. The Labute approximate surface area is 134 Å². The van der Waals surface area contributed by atoms with Crippen molar-refractivity contribution in [2.24, 2.45) is 0 Å². The van der Waals surface area contributed by atoms with Crippen molar-refractivity contribution >= 4 is 11.9 Å². The summed E-state index contributed by atoms with van der Waals surface area (Å²) in [7, 11) is 0. The third-order valence-corrected chi connectivity index (χ3v) is 3.51. The molecule has 2 N–H and O–H groups in total. The van der Waals surface area contributed by atoms with E-state index in [1.54, 1.807) is 19.9 Å². The van der Waals surface area contributed by atoms with Crippen molar-refractivity contribution in [1.82, 2.24) is 5.06 Å².